The molecule has 0 radical (unpaired) electrons. The number of aliphatic hydroxyl groups excluding tert-OH is 1. The molecule has 0 heterocycles. The summed E-state index contributed by atoms with van der Waals surface area (Å²) in [6.07, 6.45) is 5.04. The second kappa shape index (κ2) is 7.01. The molecule has 1 aromatic rings. The minimum atomic E-state index is -0.283. The van der Waals surface area contributed by atoms with Crippen LogP contribution >= 0.6 is 0 Å². The number of urea groups is 1. The van der Waals surface area contributed by atoms with Crippen LogP contribution in [0.25, 0.3) is 0 Å². The van der Waals surface area contributed by atoms with Gasteiger partial charge in [0, 0.05) is 12.5 Å². The van der Waals surface area contributed by atoms with Gasteiger partial charge in [0.05, 0.1) is 18.4 Å². The van der Waals surface area contributed by atoms with Gasteiger partial charge in [0.1, 0.15) is 5.75 Å². The van der Waals surface area contributed by atoms with Crippen molar-refractivity contribution in [3.63, 3.8) is 0 Å². The van der Waals surface area contributed by atoms with E-state index in [0.29, 0.717) is 30.5 Å². The van der Waals surface area contributed by atoms with E-state index in [0.717, 1.165) is 19.3 Å². The number of para-hydroxylation sites is 2. The predicted molar refractivity (Wildman–Crippen MR) is 85.0 cm³/mol. The molecule has 3 N–H and O–H groups in total. The molecule has 2 fully saturated rings. The summed E-state index contributed by atoms with van der Waals surface area (Å²) in [6.45, 7) is 1.23. The smallest absolute Gasteiger partial charge is 0.319 e. The van der Waals surface area contributed by atoms with E-state index in [4.69, 9.17) is 4.74 Å². The topological polar surface area (TPSA) is 70.6 Å². The second-order valence-corrected chi connectivity index (χ2v) is 6.34. The van der Waals surface area contributed by atoms with E-state index < -0.39 is 0 Å². The number of anilines is 1. The van der Waals surface area contributed by atoms with Crippen molar-refractivity contribution in [2.45, 2.75) is 38.2 Å². The van der Waals surface area contributed by atoms with Gasteiger partial charge in [-0.2, -0.15) is 0 Å². The van der Waals surface area contributed by atoms with Crippen LogP contribution in [-0.4, -0.2) is 30.4 Å². The third-order valence-electron chi connectivity index (χ3n) is 4.45. The predicted octanol–water partition coefficient (Wildman–Crippen LogP) is 2.76. The molecule has 120 valence electrons. The zero-order chi connectivity index (χ0) is 15.4. The Labute approximate surface area is 131 Å². The van der Waals surface area contributed by atoms with E-state index in [2.05, 4.69) is 10.6 Å². The Kier molecular flexibility index (Phi) is 4.83. The van der Waals surface area contributed by atoms with Gasteiger partial charge in [0.15, 0.2) is 0 Å². The number of rotatable bonds is 6. The maximum atomic E-state index is 12.0. The number of nitrogens with one attached hydrogen (secondary N) is 2. The summed E-state index contributed by atoms with van der Waals surface area (Å²) in [5.41, 5.74) is 0.688. The van der Waals surface area contributed by atoms with Crippen molar-refractivity contribution in [2.75, 3.05) is 18.5 Å². The first-order chi connectivity index (χ1) is 10.7. The lowest BCUT2D eigenvalue weighted by atomic mass is 10.1. The first kappa shape index (κ1) is 15.2. The van der Waals surface area contributed by atoms with Gasteiger partial charge in [0.2, 0.25) is 0 Å². The van der Waals surface area contributed by atoms with Gasteiger partial charge in [-0.25, -0.2) is 4.79 Å². The Balaban J connectivity index is 1.49. The van der Waals surface area contributed by atoms with E-state index in [9.17, 15) is 9.90 Å². The highest BCUT2D eigenvalue weighted by atomic mass is 16.5. The van der Waals surface area contributed by atoms with Crippen LogP contribution in [0, 0.1) is 11.8 Å². The standard InChI is InChI=1S/C17H24N2O3/c20-15-6-3-4-13(15)10-18-17(21)19-14-5-1-2-7-16(14)22-11-12-8-9-12/h1-2,5,7,12-13,15,20H,3-4,6,8-11H2,(H2,18,19,21)/t13-,15+/m1/s1. The van der Waals surface area contributed by atoms with Crippen molar-refractivity contribution in [1.29, 1.82) is 0 Å². The average molecular weight is 304 g/mol. The number of aliphatic hydroxyl groups is 1. The Bertz CT molecular complexity index is 516. The van der Waals surface area contributed by atoms with Crippen LogP contribution in [0.15, 0.2) is 24.3 Å². The molecule has 3 rings (SSSR count). The normalized spacial score (nSPS) is 24.0. The molecule has 1 aromatic carbocycles. The van der Waals surface area contributed by atoms with E-state index in [1.807, 2.05) is 24.3 Å². The van der Waals surface area contributed by atoms with E-state index in [1.54, 1.807) is 0 Å². The van der Waals surface area contributed by atoms with Gasteiger partial charge in [-0.05, 0) is 43.7 Å². The quantitative estimate of drug-likeness (QED) is 0.757. The van der Waals surface area contributed by atoms with Gasteiger partial charge in [-0.1, -0.05) is 18.6 Å². The highest BCUT2D eigenvalue weighted by Crippen LogP contribution is 2.31. The fraction of sp³-hybridized carbons (Fsp3) is 0.588. The van der Waals surface area contributed by atoms with Crippen LogP contribution in [0.4, 0.5) is 10.5 Å². The molecule has 0 saturated heterocycles. The van der Waals surface area contributed by atoms with Crippen molar-refractivity contribution in [1.82, 2.24) is 5.32 Å². The zero-order valence-electron chi connectivity index (χ0n) is 12.8. The molecule has 2 aliphatic rings. The highest BCUT2D eigenvalue weighted by molar-refractivity contribution is 5.90. The molecule has 2 amide bonds. The Hall–Kier alpha value is -1.75. The SMILES string of the molecule is O=C(NC[C@H]1CCC[C@@H]1O)Nc1ccccc1OCC1CC1. The maximum Gasteiger partial charge on any atom is 0.319 e. The van der Waals surface area contributed by atoms with Crippen molar-refractivity contribution in [3.05, 3.63) is 24.3 Å². The number of ether oxygens (including phenoxy) is 1. The molecular formula is C17H24N2O3. The van der Waals surface area contributed by atoms with Gasteiger partial charge in [-0.15, -0.1) is 0 Å². The number of carbonyl (C=O) groups excluding carboxylic acids is 1. The van der Waals surface area contributed by atoms with Crippen LogP contribution in [0.3, 0.4) is 0 Å². The molecule has 0 bridgehead atoms. The number of amides is 2. The van der Waals surface area contributed by atoms with E-state index in [-0.39, 0.29) is 18.1 Å². The van der Waals surface area contributed by atoms with E-state index >= 15 is 0 Å². The first-order valence-corrected chi connectivity index (χ1v) is 8.17. The number of hydrogen-bond acceptors (Lipinski definition) is 3. The zero-order valence-corrected chi connectivity index (χ0v) is 12.8. The molecule has 5 nitrogen and oxygen atoms in total. The summed E-state index contributed by atoms with van der Waals surface area (Å²) in [5.74, 6) is 1.56. The third-order valence-corrected chi connectivity index (χ3v) is 4.45. The molecule has 2 saturated carbocycles. The van der Waals surface area contributed by atoms with Gasteiger partial charge >= 0.3 is 6.03 Å². The third kappa shape index (κ3) is 4.13. The molecule has 0 aromatic heterocycles. The average Bonchev–Trinajstić information content (AvgIpc) is 3.26. The lowest BCUT2D eigenvalue weighted by molar-refractivity contribution is 0.133. The fourth-order valence-corrected chi connectivity index (χ4v) is 2.83. The summed E-state index contributed by atoms with van der Waals surface area (Å²) < 4.78 is 5.77. The largest absolute Gasteiger partial charge is 0.491 e. The first-order valence-electron chi connectivity index (χ1n) is 8.17. The van der Waals surface area contributed by atoms with Gasteiger partial charge < -0.3 is 20.5 Å². The Morgan fingerprint density at radius 2 is 2.05 bits per heavy atom. The minimum absolute atomic E-state index is 0.173. The summed E-state index contributed by atoms with van der Waals surface area (Å²) in [4.78, 5) is 12.0. The molecule has 5 heteroatoms. The summed E-state index contributed by atoms with van der Waals surface area (Å²) in [5, 5.41) is 15.5. The van der Waals surface area contributed by atoms with Crippen LogP contribution in [0.1, 0.15) is 32.1 Å². The molecule has 0 unspecified atom stereocenters. The van der Waals surface area contributed by atoms with Crippen molar-refractivity contribution in [2.24, 2.45) is 11.8 Å². The maximum absolute atomic E-state index is 12.0. The van der Waals surface area contributed by atoms with Crippen LogP contribution in [0.2, 0.25) is 0 Å². The fourth-order valence-electron chi connectivity index (χ4n) is 2.83. The second-order valence-electron chi connectivity index (χ2n) is 6.34. The van der Waals surface area contributed by atoms with Crippen LogP contribution in [-0.2, 0) is 0 Å². The molecule has 2 atom stereocenters. The minimum Gasteiger partial charge on any atom is -0.491 e. The lowest BCUT2D eigenvalue weighted by Crippen LogP contribution is -2.35. The van der Waals surface area contributed by atoms with Crippen molar-refractivity contribution in [3.8, 4) is 5.75 Å². The summed E-state index contributed by atoms with van der Waals surface area (Å²) in [6, 6.07) is 7.24. The van der Waals surface area contributed by atoms with E-state index in [1.165, 1.54) is 12.8 Å². The van der Waals surface area contributed by atoms with Crippen molar-refractivity contribution >= 4 is 11.7 Å². The highest BCUT2D eigenvalue weighted by Gasteiger charge is 2.25. The van der Waals surface area contributed by atoms with Crippen molar-refractivity contribution < 1.29 is 14.6 Å². The molecule has 0 spiro atoms. The van der Waals surface area contributed by atoms with Gasteiger partial charge in [0.25, 0.3) is 0 Å². The van der Waals surface area contributed by atoms with Gasteiger partial charge in [-0.3, -0.25) is 0 Å². The summed E-state index contributed by atoms with van der Waals surface area (Å²) >= 11 is 0. The number of hydrogen-bond donors (Lipinski definition) is 3. The number of carbonyl (C=O) groups is 1. The molecule has 0 aliphatic heterocycles. The lowest BCUT2D eigenvalue weighted by Gasteiger charge is -2.16. The summed E-state index contributed by atoms with van der Waals surface area (Å²) in [7, 11) is 0. The Morgan fingerprint density at radius 3 is 2.77 bits per heavy atom. The monoisotopic (exact) mass is 304 g/mol. The molecule has 2 aliphatic carbocycles. The van der Waals surface area contributed by atoms with Crippen LogP contribution < -0.4 is 15.4 Å². The molecule has 22 heavy (non-hydrogen) atoms. The molecular weight excluding hydrogens is 280 g/mol. The van der Waals surface area contributed by atoms with Crippen LogP contribution in [0.5, 0.6) is 5.75 Å². The Morgan fingerprint density at radius 1 is 1.23 bits per heavy atom. The number of benzene rings is 1.